The van der Waals surface area contributed by atoms with Gasteiger partial charge < -0.3 is 47.6 Å². The van der Waals surface area contributed by atoms with E-state index in [0.29, 0.717) is 5.56 Å². The van der Waals surface area contributed by atoms with Gasteiger partial charge in [0.2, 0.25) is 29.5 Å². The Hall–Kier alpha value is -5.06. The molecule has 0 bridgehead atoms. The molecular weight excluding hydrogens is 620 g/mol. The van der Waals surface area contributed by atoms with Crippen molar-refractivity contribution < 1.29 is 53.7 Å². The molecule has 0 aliphatic carbocycles. The molecule has 1 aromatic carbocycles. The minimum Gasteiger partial charge on any atom is -0.481 e. The van der Waals surface area contributed by atoms with Gasteiger partial charge in [-0.3, -0.25) is 33.6 Å². The first-order valence-electron chi connectivity index (χ1n) is 14.7. The zero-order valence-electron chi connectivity index (χ0n) is 26.9. The Kier molecular flexibility index (Phi) is 15.5. The fourth-order valence-electron chi connectivity index (χ4n) is 4.16. The Morgan fingerprint density at radius 1 is 0.702 bits per heavy atom. The lowest BCUT2D eigenvalue weighted by Crippen LogP contribution is -2.62. The van der Waals surface area contributed by atoms with Crippen LogP contribution in [-0.4, -0.2) is 98.5 Å². The number of benzene rings is 1. The molecule has 0 aromatic heterocycles. The smallest absolute Gasteiger partial charge is 0.326 e. The van der Waals surface area contributed by atoms with Crippen LogP contribution in [0.1, 0.15) is 59.4 Å². The van der Waals surface area contributed by atoms with Crippen LogP contribution >= 0.6 is 0 Å². The standard InChI is InChI=1S/C30H44N6O11/c1-15(2)11-21(28(45)46)34-27(44)19(12-17-9-7-6-8-10-17)35-29(47)30(4,5)36-24(41)16(3)32-26(43)20(14-23(39)40)33-25(42)18(31)13-22(37)38/h6-10,15-16,18-21H,11-14,31H2,1-5H3,(H,32,43)(H,33,42)(H,34,44)(H,35,47)(H,36,41)(H,37,38)(H,39,40)(H,45,46)/t16-,18-,19-,20-,21-/m0/s1. The molecule has 0 radical (unpaired) electrons. The van der Waals surface area contributed by atoms with Crippen molar-refractivity contribution in [1.29, 1.82) is 0 Å². The van der Waals surface area contributed by atoms with Crippen LogP contribution in [0.2, 0.25) is 0 Å². The first kappa shape index (κ1) is 40.0. The number of carbonyl (C=O) groups is 8. The topological polar surface area (TPSA) is 283 Å². The molecular formula is C30H44N6O11. The summed E-state index contributed by atoms with van der Waals surface area (Å²) in [6.45, 7) is 7.45. The molecule has 0 saturated carbocycles. The quantitative estimate of drug-likeness (QED) is 0.0816. The number of nitrogens with one attached hydrogen (secondary N) is 5. The molecule has 5 atom stereocenters. The minimum atomic E-state index is -1.71. The van der Waals surface area contributed by atoms with Gasteiger partial charge in [0.05, 0.1) is 18.9 Å². The average molecular weight is 665 g/mol. The van der Waals surface area contributed by atoms with E-state index in [0.717, 1.165) is 0 Å². The molecule has 5 amide bonds. The predicted molar refractivity (Wildman–Crippen MR) is 165 cm³/mol. The van der Waals surface area contributed by atoms with Gasteiger partial charge in [0.25, 0.3) is 0 Å². The molecule has 0 saturated heterocycles. The lowest BCUT2D eigenvalue weighted by Gasteiger charge is -2.30. The molecule has 0 heterocycles. The summed E-state index contributed by atoms with van der Waals surface area (Å²) in [5.74, 6) is -8.85. The van der Waals surface area contributed by atoms with E-state index in [1.165, 1.54) is 20.8 Å². The van der Waals surface area contributed by atoms with E-state index in [1.54, 1.807) is 44.2 Å². The maximum Gasteiger partial charge on any atom is 0.326 e. The molecule has 10 N–H and O–H groups in total. The van der Waals surface area contributed by atoms with Gasteiger partial charge >= 0.3 is 17.9 Å². The number of rotatable bonds is 19. The van der Waals surface area contributed by atoms with E-state index in [-0.39, 0.29) is 18.8 Å². The molecule has 0 aliphatic heterocycles. The van der Waals surface area contributed by atoms with Crippen molar-refractivity contribution in [2.45, 2.75) is 96.1 Å². The third-order valence-corrected chi connectivity index (χ3v) is 6.72. The second-order valence-electron chi connectivity index (χ2n) is 12.0. The van der Waals surface area contributed by atoms with Crippen LogP contribution in [-0.2, 0) is 44.8 Å². The van der Waals surface area contributed by atoms with Crippen molar-refractivity contribution in [2.24, 2.45) is 11.7 Å². The van der Waals surface area contributed by atoms with Crippen LogP contribution in [0.15, 0.2) is 30.3 Å². The number of hydrogen-bond acceptors (Lipinski definition) is 9. The van der Waals surface area contributed by atoms with Gasteiger partial charge in [-0.15, -0.1) is 0 Å². The van der Waals surface area contributed by atoms with Crippen LogP contribution in [0.5, 0.6) is 0 Å². The van der Waals surface area contributed by atoms with Crippen molar-refractivity contribution in [3.8, 4) is 0 Å². The zero-order valence-corrected chi connectivity index (χ0v) is 26.9. The van der Waals surface area contributed by atoms with Gasteiger partial charge in [-0.05, 0) is 38.7 Å². The fourth-order valence-corrected chi connectivity index (χ4v) is 4.16. The van der Waals surface area contributed by atoms with Crippen molar-refractivity contribution in [2.75, 3.05) is 0 Å². The highest BCUT2D eigenvalue weighted by atomic mass is 16.4. The molecule has 17 heteroatoms. The largest absolute Gasteiger partial charge is 0.481 e. The Bertz CT molecular complexity index is 1320. The number of carbonyl (C=O) groups excluding carboxylic acids is 5. The van der Waals surface area contributed by atoms with Gasteiger partial charge in [-0.2, -0.15) is 0 Å². The van der Waals surface area contributed by atoms with E-state index in [4.69, 9.17) is 15.9 Å². The van der Waals surface area contributed by atoms with Crippen LogP contribution < -0.4 is 32.3 Å². The van der Waals surface area contributed by atoms with E-state index in [1.807, 2.05) is 0 Å². The zero-order chi connectivity index (χ0) is 36.1. The monoisotopic (exact) mass is 664 g/mol. The molecule has 1 aromatic rings. The van der Waals surface area contributed by atoms with Crippen LogP contribution in [0, 0.1) is 5.92 Å². The highest BCUT2D eigenvalue weighted by Gasteiger charge is 2.36. The SMILES string of the molecule is CC(C)C[C@H](NC(=O)[C@H](Cc1ccccc1)NC(=O)C(C)(C)NC(=O)[C@H](C)NC(=O)[C@H](CC(=O)O)NC(=O)[C@@H](N)CC(=O)O)C(=O)O. The number of aliphatic carboxylic acids is 3. The molecule has 0 unspecified atom stereocenters. The minimum absolute atomic E-state index is 0.00424. The van der Waals surface area contributed by atoms with Crippen LogP contribution in [0.25, 0.3) is 0 Å². The molecule has 260 valence electrons. The number of hydrogen-bond donors (Lipinski definition) is 9. The van der Waals surface area contributed by atoms with E-state index >= 15 is 0 Å². The van der Waals surface area contributed by atoms with Crippen molar-refractivity contribution in [3.63, 3.8) is 0 Å². The van der Waals surface area contributed by atoms with E-state index in [9.17, 15) is 43.5 Å². The van der Waals surface area contributed by atoms with E-state index < -0.39 is 96.0 Å². The van der Waals surface area contributed by atoms with Crippen LogP contribution in [0.4, 0.5) is 0 Å². The highest BCUT2D eigenvalue weighted by Crippen LogP contribution is 2.10. The number of carboxylic acid groups (broad SMARTS) is 3. The Morgan fingerprint density at radius 2 is 1.23 bits per heavy atom. The summed E-state index contributed by atoms with van der Waals surface area (Å²) in [7, 11) is 0. The van der Waals surface area contributed by atoms with Crippen LogP contribution in [0.3, 0.4) is 0 Å². The summed E-state index contributed by atoms with van der Waals surface area (Å²) in [6, 6.07) is 1.53. The van der Waals surface area contributed by atoms with Gasteiger partial charge in [-0.25, -0.2) is 4.79 Å². The van der Waals surface area contributed by atoms with Crippen molar-refractivity contribution >= 4 is 47.4 Å². The molecule has 17 nitrogen and oxygen atoms in total. The lowest BCUT2D eigenvalue weighted by molar-refractivity contribution is -0.143. The average Bonchev–Trinajstić information content (AvgIpc) is 2.95. The summed E-state index contributed by atoms with van der Waals surface area (Å²) in [5, 5.41) is 39.3. The number of carboxylic acids is 3. The first-order chi connectivity index (χ1) is 21.7. The third kappa shape index (κ3) is 14.3. The fraction of sp³-hybridized carbons (Fsp3) is 0.533. The van der Waals surface area contributed by atoms with E-state index in [2.05, 4.69) is 26.6 Å². The summed E-state index contributed by atoms with van der Waals surface area (Å²) >= 11 is 0. The molecule has 0 fully saturated rings. The first-order valence-corrected chi connectivity index (χ1v) is 14.7. The summed E-state index contributed by atoms with van der Waals surface area (Å²) in [4.78, 5) is 98.4. The third-order valence-electron chi connectivity index (χ3n) is 6.72. The van der Waals surface area contributed by atoms with Gasteiger partial charge in [0.1, 0.15) is 29.7 Å². The summed E-state index contributed by atoms with van der Waals surface area (Å²) < 4.78 is 0. The number of nitrogens with two attached hydrogens (primary N) is 1. The Balaban J connectivity index is 3.04. The predicted octanol–water partition coefficient (Wildman–Crippen LogP) is -1.51. The highest BCUT2D eigenvalue weighted by molar-refractivity contribution is 5.98. The normalized spacial score (nSPS) is 14.4. The number of amides is 5. The Morgan fingerprint density at radius 3 is 1.74 bits per heavy atom. The van der Waals surface area contributed by atoms with Gasteiger partial charge in [-0.1, -0.05) is 44.2 Å². The van der Waals surface area contributed by atoms with Crippen molar-refractivity contribution in [3.05, 3.63) is 35.9 Å². The summed E-state index contributed by atoms with van der Waals surface area (Å²) in [6.07, 6.45) is -1.56. The summed E-state index contributed by atoms with van der Waals surface area (Å²) in [5.41, 5.74) is 4.45. The lowest BCUT2D eigenvalue weighted by atomic mass is 9.99. The van der Waals surface area contributed by atoms with Gasteiger partial charge in [0.15, 0.2) is 0 Å². The molecule has 47 heavy (non-hydrogen) atoms. The maximum atomic E-state index is 13.4. The molecule has 0 spiro atoms. The maximum absolute atomic E-state index is 13.4. The second-order valence-corrected chi connectivity index (χ2v) is 12.0. The molecule has 0 aliphatic rings. The Labute approximate surface area is 271 Å². The molecule has 1 rings (SSSR count). The van der Waals surface area contributed by atoms with Gasteiger partial charge in [0, 0.05) is 6.42 Å². The second kappa shape index (κ2) is 18.2. The van der Waals surface area contributed by atoms with Crippen molar-refractivity contribution in [1.82, 2.24) is 26.6 Å².